The first-order valence-electron chi connectivity index (χ1n) is 12.6. The lowest BCUT2D eigenvalue weighted by atomic mass is 10.0. The zero-order valence-electron chi connectivity index (χ0n) is 22.2. The van der Waals surface area contributed by atoms with Crippen molar-refractivity contribution in [3.05, 3.63) is 29.8 Å². The Morgan fingerprint density at radius 2 is 1.62 bits per heavy atom. The number of likely N-dealkylation sites (N-methyl/N-ethyl adjacent to an activating group) is 1. The van der Waals surface area contributed by atoms with E-state index in [1.165, 1.54) is 37.9 Å². The summed E-state index contributed by atoms with van der Waals surface area (Å²) in [4.78, 5) is 64.8. The third kappa shape index (κ3) is 8.76. The summed E-state index contributed by atoms with van der Waals surface area (Å²) in [5, 5.41) is 20.1. The van der Waals surface area contributed by atoms with E-state index in [-0.39, 0.29) is 35.8 Å². The number of hydrogen-bond donors (Lipinski definition) is 5. The lowest BCUT2D eigenvalue weighted by Crippen LogP contribution is -2.58. The largest absolute Gasteiger partial charge is 0.508 e. The topological polar surface area (TPSA) is 157 Å². The van der Waals surface area contributed by atoms with Crippen LogP contribution in [0.15, 0.2) is 24.3 Å². The van der Waals surface area contributed by atoms with Crippen LogP contribution in [-0.2, 0) is 30.4 Å². The minimum Gasteiger partial charge on any atom is -0.508 e. The highest BCUT2D eigenvalue weighted by Crippen LogP contribution is 2.21. The lowest BCUT2D eigenvalue weighted by molar-refractivity contribution is -0.142. The average Bonchev–Trinajstić information content (AvgIpc) is 3.33. The number of rotatable bonds is 11. The molecule has 204 valence electrons. The molecule has 1 heterocycles. The van der Waals surface area contributed by atoms with Gasteiger partial charge in [-0.1, -0.05) is 26.0 Å². The van der Waals surface area contributed by atoms with Crippen LogP contribution in [-0.4, -0.2) is 77.3 Å². The van der Waals surface area contributed by atoms with Crippen LogP contribution in [0.25, 0.3) is 0 Å². The van der Waals surface area contributed by atoms with Gasteiger partial charge in [-0.25, -0.2) is 0 Å². The quantitative estimate of drug-likeness (QED) is 0.282. The standard InChI is InChI=1S/C26H39N5O6/c1-15(2)13-21(29-17(4)32)26(37)31-12-6-7-22(31)25(36)30-20(14-18-8-10-19(33)11-9-18)24(35)28-16(3)23(34)27-5/h8-11,15-16,20-22,33H,6-7,12-14H2,1-5H3,(H,27,34)(H,28,35)(H,29,32)(H,30,36)/t16-,20-,21-,22-/m0/s1. The second kappa shape index (κ2) is 13.6. The average molecular weight is 518 g/mol. The van der Waals surface area contributed by atoms with Gasteiger partial charge in [0.05, 0.1) is 0 Å². The predicted molar refractivity (Wildman–Crippen MR) is 137 cm³/mol. The van der Waals surface area contributed by atoms with Crippen molar-refractivity contribution in [3.8, 4) is 5.75 Å². The van der Waals surface area contributed by atoms with Gasteiger partial charge in [0.2, 0.25) is 29.5 Å². The summed E-state index contributed by atoms with van der Waals surface area (Å²) < 4.78 is 0. The number of nitrogens with zero attached hydrogens (tertiary/aromatic N) is 1. The molecule has 2 rings (SSSR count). The highest BCUT2D eigenvalue weighted by Gasteiger charge is 2.39. The number of aromatic hydroxyl groups is 1. The van der Waals surface area contributed by atoms with Crippen molar-refractivity contribution in [2.75, 3.05) is 13.6 Å². The van der Waals surface area contributed by atoms with Gasteiger partial charge in [-0.3, -0.25) is 24.0 Å². The Morgan fingerprint density at radius 3 is 2.19 bits per heavy atom. The van der Waals surface area contributed by atoms with Crippen LogP contribution in [0.3, 0.4) is 0 Å². The summed E-state index contributed by atoms with van der Waals surface area (Å²) in [7, 11) is 1.46. The van der Waals surface area contributed by atoms with Crippen LogP contribution in [0.4, 0.5) is 0 Å². The number of carbonyl (C=O) groups excluding carboxylic acids is 5. The van der Waals surface area contributed by atoms with Crippen LogP contribution in [0.1, 0.15) is 52.5 Å². The summed E-state index contributed by atoms with van der Waals surface area (Å²) in [5.41, 5.74) is 0.688. The van der Waals surface area contributed by atoms with Gasteiger partial charge < -0.3 is 31.3 Å². The maximum Gasteiger partial charge on any atom is 0.245 e. The molecule has 0 unspecified atom stereocenters. The maximum absolute atomic E-state index is 13.4. The van der Waals surface area contributed by atoms with Crippen molar-refractivity contribution >= 4 is 29.5 Å². The van der Waals surface area contributed by atoms with Gasteiger partial charge in [-0.05, 0) is 49.8 Å². The SMILES string of the molecule is CNC(=O)[C@H](C)NC(=O)[C@H](Cc1ccc(O)cc1)NC(=O)[C@@H]1CCCN1C(=O)[C@H](CC(C)C)NC(C)=O. The third-order valence-electron chi connectivity index (χ3n) is 6.23. The number of likely N-dealkylation sites (tertiary alicyclic amines) is 1. The molecule has 0 saturated carbocycles. The van der Waals surface area contributed by atoms with Gasteiger partial charge in [0.25, 0.3) is 0 Å². The zero-order chi connectivity index (χ0) is 27.7. The Kier molecular flexibility index (Phi) is 10.9. The van der Waals surface area contributed by atoms with Gasteiger partial charge in [-0.2, -0.15) is 0 Å². The van der Waals surface area contributed by atoms with Crippen molar-refractivity contribution in [2.45, 2.75) is 77.5 Å². The monoisotopic (exact) mass is 517 g/mol. The predicted octanol–water partition coefficient (Wildman–Crippen LogP) is 0.212. The molecule has 5 N–H and O–H groups in total. The summed E-state index contributed by atoms with van der Waals surface area (Å²) in [5.74, 6) is -1.85. The number of phenolic OH excluding ortho intramolecular Hbond substituents is 1. The highest BCUT2D eigenvalue weighted by molar-refractivity contribution is 5.95. The minimum atomic E-state index is -1.02. The van der Waals surface area contributed by atoms with Crippen LogP contribution >= 0.6 is 0 Å². The van der Waals surface area contributed by atoms with E-state index < -0.39 is 36.0 Å². The van der Waals surface area contributed by atoms with E-state index in [1.54, 1.807) is 12.1 Å². The van der Waals surface area contributed by atoms with Crippen LogP contribution in [0.2, 0.25) is 0 Å². The van der Waals surface area contributed by atoms with E-state index in [2.05, 4.69) is 21.3 Å². The number of amides is 5. The van der Waals surface area contributed by atoms with Gasteiger partial charge >= 0.3 is 0 Å². The fraction of sp³-hybridized carbons (Fsp3) is 0.577. The van der Waals surface area contributed by atoms with Crippen LogP contribution < -0.4 is 21.3 Å². The number of nitrogens with one attached hydrogen (secondary N) is 4. The summed E-state index contributed by atoms with van der Waals surface area (Å²) in [6.45, 7) is 7.14. The number of hydrogen-bond acceptors (Lipinski definition) is 6. The third-order valence-corrected chi connectivity index (χ3v) is 6.23. The zero-order valence-corrected chi connectivity index (χ0v) is 22.2. The first kappa shape index (κ1) is 29.6. The molecular weight excluding hydrogens is 478 g/mol. The summed E-state index contributed by atoms with van der Waals surface area (Å²) in [6.07, 6.45) is 1.59. The molecule has 0 aliphatic carbocycles. The molecule has 11 heteroatoms. The van der Waals surface area contributed by atoms with E-state index in [1.807, 2.05) is 13.8 Å². The number of phenols is 1. The molecule has 1 aromatic rings. The Morgan fingerprint density at radius 1 is 0.973 bits per heavy atom. The van der Waals surface area contributed by atoms with Crippen molar-refractivity contribution in [2.24, 2.45) is 5.92 Å². The Balaban J connectivity index is 2.22. The van der Waals surface area contributed by atoms with Gasteiger partial charge in [-0.15, -0.1) is 0 Å². The Hall–Kier alpha value is -3.63. The summed E-state index contributed by atoms with van der Waals surface area (Å²) >= 11 is 0. The first-order chi connectivity index (χ1) is 17.4. The smallest absolute Gasteiger partial charge is 0.245 e. The maximum atomic E-state index is 13.4. The molecular formula is C26H39N5O6. The molecule has 1 aliphatic heterocycles. The minimum absolute atomic E-state index is 0.0669. The van der Waals surface area contributed by atoms with E-state index >= 15 is 0 Å². The van der Waals surface area contributed by atoms with Gasteiger partial charge in [0.15, 0.2) is 0 Å². The Bertz CT molecular complexity index is 980. The molecule has 37 heavy (non-hydrogen) atoms. The first-order valence-corrected chi connectivity index (χ1v) is 12.6. The van der Waals surface area contributed by atoms with Crippen molar-refractivity contribution < 1.29 is 29.1 Å². The highest BCUT2D eigenvalue weighted by atomic mass is 16.3. The molecule has 0 radical (unpaired) electrons. The van der Waals surface area contributed by atoms with E-state index in [0.29, 0.717) is 31.4 Å². The molecule has 5 amide bonds. The molecule has 4 atom stereocenters. The second-order valence-electron chi connectivity index (χ2n) is 9.85. The fourth-order valence-electron chi connectivity index (χ4n) is 4.38. The molecule has 0 aromatic heterocycles. The number of benzene rings is 1. The molecule has 1 fully saturated rings. The van der Waals surface area contributed by atoms with E-state index in [9.17, 15) is 29.1 Å². The Labute approximate surface area is 217 Å². The van der Waals surface area contributed by atoms with Crippen LogP contribution in [0, 0.1) is 5.92 Å². The summed E-state index contributed by atoms with van der Waals surface area (Å²) in [6, 6.07) is 2.86. The molecule has 0 bridgehead atoms. The molecule has 1 aliphatic rings. The molecule has 11 nitrogen and oxygen atoms in total. The van der Waals surface area contributed by atoms with Crippen LogP contribution in [0.5, 0.6) is 5.75 Å². The normalized spacial score (nSPS) is 17.5. The van der Waals surface area contributed by atoms with E-state index in [0.717, 1.165) is 0 Å². The lowest BCUT2D eigenvalue weighted by Gasteiger charge is -2.30. The second-order valence-corrected chi connectivity index (χ2v) is 9.85. The van der Waals surface area contributed by atoms with Crippen molar-refractivity contribution in [3.63, 3.8) is 0 Å². The molecule has 1 saturated heterocycles. The van der Waals surface area contributed by atoms with Gasteiger partial charge in [0.1, 0.15) is 29.9 Å². The molecule has 1 aromatic carbocycles. The van der Waals surface area contributed by atoms with E-state index in [4.69, 9.17) is 0 Å². The van der Waals surface area contributed by atoms with Gasteiger partial charge in [0, 0.05) is 26.9 Å². The van der Waals surface area contributed by atoms with Crippen molar-refractivity contribution in [1.29, 1.82) is 0 Å². The van der Waals surface area contributed by atoms with Crippen molar-refractivity contribution in [1.82, 2.24) is 26.2 Å². The number of carbonyl (C=O) groups is 5. The molecule has 0 spiro atoms. The fourth-order valence-corrected chi connectivity index (χ4v) is 4.38.